The maximum Gasteiger partial charge on any atom is 0.221 e. The fourth-order valence-electron chi connectivity index (χ4n) is 1.52. The van der Waals surface area contributed by atoms with Crippen LogP contribution in [0, 0.1) is 0 Å². The van der Waals surface area contributed by atoms with Gasteiger partial charge in [0.15, 0.2) is 0 Å². The summed E-state index contributed by atoms with van der Waals surface area (Å²) in [5.74, 6) is 0.0943. The number of amides is 1. The van der Waals surface area contributed by atoms with E-state index in [1.54, 1.807) is 12.1 Å². The van der Waals surface area contributed by atoms with E-state index in [0.717, 1.165) is 0 Å². The predicted octanol–water partition coefficient (Wildman–Crippen LogP) is 1.09. The Balaban J connectivity index is 2.48. The summed E-state index contributed by atoms with van der Waals surface area (Å²) in [6.07, 6.45) is -0.630. The van der Waals surface area contributed by atoms with E-state index in [2.05, 4.69) is 10.6 Å². The third-order valence-corrected chi connectivity index (χ3v) is 2.48. The van der Waals surface area contributed by atoms with Crippen LogP contribution in [-0.2, 0) is 4.79 Å². The molecule has 0 saturated carbocycles. The number of carbonyl (C=O) groups excluding carboxylic acids is 1. The van der Waals surface area contributed by atoms with Crippen molar-refractivity contribution in [3.63, 3.8) is 0 Å². The molecule has 0 aliphatic carbocycles. The molecule has 20 heavy (non-hydrogen) atoms. The summed E-state index contributed by atoms with van der Waals surface area (Å²) in [5.41, 5.74) is 0.326. The van der Waals surface area contributed by atoms with Gasteiger partial charge in [0.2, 0.25) is 5.91 Å². The molecule has 1 aromatic rings. The van der Waals surface area contributed by atoms with E-state index in [4.69, 9.17) is 4.74 Å². The second-order valence-corrected chi connectivity index (χ2v) is 4.89. The van der Waals surface area contributed by atoms with E-state index in [9.17, 15) is 15.0 Å². The number of hydrogen-bond donors (Lipinski definition) is 4. The molecule has 0 radical (unpaired) electrons. The van der Waals surface area contributed by atoms with E-state index in [0.29, 0.717) is 24.0 Å². The molecule has 0 spiro atoms. The summed E-state index contributed by atoms with van der Waals surface area (Å²) in [5, 5.41) is 25.0. The highest BCUT2D eigenvalue weighted by molar-refractivity contribution is 5.90. The molecule has 0 heterocycles. The van der Waals surface area contributed by atoms with Gasteiger partial charge in [-0.15, -0.1) is 0 Å². The Morgan fingerprint density at radius 2 is 2.10 bits per heavy atom. The lowest BCUT2D eigenvalue weighted by molar-refractivity contribution is -0.114. The summed E-state index contributed by atoms with van der Waals surface area (Å²) >= 11 is 0. The number of aliphatic hydroxyl groups excluding tert-OH is 1. The Bertz CT molecular complexity index is 449. The number of carbonyl (C=O) groups is 1. The molecule has 112 valence electrons. The smallest absolute Gasteiger partial charge is 0.221 e. The van der Waals surface area contributed by atoms with Gasteiger partial charge in [-0.25, -0.2) is 0 Å². The van der Waals surface area contributed by atoms with Crippen molar-refractivity contribution in [2.75, 3.05) is 18.5 Å². The van der Waals surface area contributed by atoms with Crippen LogP contribution in [0.1, 0.15) is 20.8 Å². The average molecular weight is 282 g/mol. The molecule has 0 bridgehead atoms. The lowest BCUT2D eigenvalue weighted by atomic mass is 10.2. The monoisotopic (exact) mass is 282 g/mol. The number of anilines is 1. The minimum atomic E-state index is -0.630. The van der Waals surface area contributed by atoms with Crippen LogP contribution < -0.4 is 15.4 Å². The largest absolute Gasteiger partial charge is 0.506 e. The van der Waals surface area contributed by atoms with E-state index in [1.807, 2.05) is 13.8 Å². The summed E-state index contributed by atoms with van der Waals surface area (Å²) < 4.78 is 5.38. The molecular formula is C14H22N2O4. The zero-order valence-electron chi connectivity index (χ0n) is 12.0. The zero-order chi connectivity index (χ0) is 15.1. The first kappa shape index (κ1) is 16.3. The third-order valence-electron chi connectivity index (χ3n) is 2.48. The maximum absolute atomic E-state index is 10.9. The van der Waals surface area contributed by atoms with Crippen molar-refractivity contribution in [1.29, 1.82) is 0 Å². The Morgan fingerprint density at radius 3 is 2.65 bits per heavy atom. The van der Waals surface area contributed by atoms with Crippen LogP contribution in [-0.4, -0.2) is 41.4 Å². The highest BCUT2D eigenvalue weighted by Crippen LogP contribution is 2.28. The number of ether oxygens (including phenoxy) is 1. The highest BCUT2D eigenvalue weighted by Gasteiger charge is 2.08. The third kappa shape index (κ3) is 5.90. The average Bonchev–Trinajstić information content (AvgIpc) is 2.36. The SMILES string of the molecule is CC(=O)Nc1ccc(OCC(O)CNC(C)C)cc1O. The number of nitrogens with one attached hydrogen (secondary N) is 2. The van der Waals surface area contributed by atoms with Crippen molar-refractivity contribution in [3.8, 4) is 11.5 Å². The van der Waals surface area contributed by atoms with Gasteiger partial charge >= 0.3 is 0 Å². The van der Waals surface area contributed by atoms with Crippen LogP contribution in [0.5, 0.6) is 11.5 Å². The first-order valence-electron chi connectivity index (χ1n) is 6.53. The molecular weight excluding hydrogens is 260 g/mol. The Kier molecular flexibility index (Phi) is 6.27. The standard InChI is InChI=1S/C14H22N2O4/c1-9(2)15-7-11(18)8-20-12-4-5-13(14(19)6-12)16-10(3)17/h4-6,9,11,15,18-19H,7-8H2,1-3H3,(H,16,17). The number of aliphatic hydroxyl groups is 1. The lowest BCUT2D eigenvalue weighted by Gasteiger charge is -2.15. The molecule has 0 aliphatic heterocycles. The van der Waals surface area contributed by atoms with Crippen LogP contribution in [0.3, 0.4) is 0 Å². The number of benzene rings is 1. The Hall–Kier alpha value is -1.79. The van der Waals surface area contributed by atoms with E-state index >= 15 is 0 Å². The van der Waals surface area contributed by atoms with Crippen molar-refractivity contribution in [2.24, 2.45) is 0 Å². The van der Waals surface area contributed by atoms with Gasteiger partial charge in [0.05, 0.1) is 5.69 Å². The minimum absolute atomic E-state index is 0.0764. The number of hydrogen-bond acceptors (Lipinski definition) is 5. The fraction of sp³-hybridized carbons (Fsp3) is 0.500. The topological polar surface area (TPSA) is 90.8 Å². The summed E-state index contributed by atoms with van der Waals surface area (Å²) in [4.78, 5) is 10.9. The first-order chi connectivity index (χ1) is 9.38. The lowest BCUT2D eigenvalue weighted by Crippen LogP contribution is -2.35. The second-order valence-electron chi connectivity index (χ2n) is 4.89. The van der Waals surface area contributed by atoms with Crippen LogP contribution in [0.2, 0.25) is 0 Å². The van der Waals surface area contributed by atoms with Gasteiger partial charge in [0.25, 0.3) is 0 Å². The van der Waals surface area contributed by atoms with Crippen LogP contribution in [0.25, 0.3) is 0 Å². The Morgan fingerprint density at radius 1 is 1.40 bits per heavy atom. The van der Waals surface area contributed by atoms with Crippen molar-refractivity contribution < 1.29 is 19.7 Å². The van der Waals surface area contributed by atoms with Gasteiger partial charge in [-0.1, -0.05) is 13.8 Å². The van der Waals surface area contributed by atoms with Gasteiger partial charge < -0.3 is 25.6 Å². The maximum atomic E-state index is 10.9. The molecule has 0 saturated heterocycles. The molecule has 1 aromatic carbocycles. The highest BCUT2D eigenvalue weighted by atomic mass is 16.5. The second kappa shape index (κ2) is 7.72. The first-order valence-corrected chi connectivity index (χ1v) is 6.53. The molecule has 1 amide bonds. The van der Waals surface area contributed by atoms with Gasteiger partial charge in [-0.05, 0) is 12.1 Å². The molecule has 1 unspecified atom stereocenters. The molecule has 6 heteroatoms. The van der Waals surface area contributed by atoms with Gasteiger partial charge in [0.1, 0.15) is 24.2 Å². The van der Waals surface area contributed by atoms with Crippen LogP contribution in [0.4, 0.5) is 5.69 Å². The number of phenols is 1. The quantitative estimate of drug-likeness (QED) is 0.562. The number of aromatic hydroxyl groups is 1. The molecule has 4 N–H and O–H groups in total. The van der Waals surface area contributed by atoms with E-state index < -0.39 is 6.10 Å². The normalized spacial score (nSPS) is 12.2. The molecule has 0 fully saturated rings. The number of phenolic OH excluding ortho intramolecular Hbond substituents is 1. The van der Waals surface area contributed by atoms with E-state index in [-0.39, 0.29) is 18.3 Å². The van der Waals surface area contributed by atoms with Gasteiger partial charge in [-0.3, -0.25) is 4.79 Å². The molecule has 0 aliphatic rings. The van der Waals surface area contributed by atoms with Crippen molar-refractivity contribution in [1.82, 2.24) is 5.32 Å². The van der Waals surface area contributed by atoms with Crippen LogP contribution in [0.15, 0.2) is 18.2 Å². The molecule has 1 atom stereocenters. The zero-order valence-corrected chi connectivity index (χ0v) is 12.0. The Labute approximate surface area is 118 Å². The van der Waals surface area contributed by atoms with Crippen molar-refractivity contribution >= 4 is 11.6 Å². The van der Waals surface area contributed by atoms with E-state index in [1.165, 1.54) is 13.0 Å². The summed E-state index contributed by atoms with van der Waals surface area (Å²) in [7, 11) is 0. The van der Waals surface area contributed by atoms with Crippen molar-refractivity contribution in [2.45, 2.75) is 32.9 Å². The summed E-state index contributed by atoms with van der Waals surface area (Å²) in [6.45, 7) is 5.91. The predicted molar refractivity (Wildman–Crippen MR) is 77.1 cm³/mol. The van der Waals surface area contributed by atoms with Crippen molar-refractivity contribution in [3.05, 3.63) is 18.2 Å². The minimum Gasteiger partial charge on any atom is -0.506 e. The fourth-order valence-corrected chi connectivity index (χ4v) is 1.52. The molecule has 0 aromatic heterocycles. The summed E-state index contributed by atoms with van der Waals surface area (Å²) in [6, 6.07) is 4.86. The molecule has 6 nitrogen and oxygen atoms in total. The van der Waals surface area contributed by atoms with Gasteiger partial charge in [0, 0.05) is 25.6 Å². The van der Waals surface area contributed by atoms with Crippen LogP contribution >= 0.6 is 0 Å². The number of rotatable bonds is 7. The van der Waals surface area contributed by atoms with Gasteiger partial charge in [-0.2, -0.15) is 0 Å². The molecule has 1 rings (SSSR count).